The maximum absolute atomic E-state index is 13.8. The fraction of sp³-hybridized carbons (Fsp3) is 0.130. The fourth-order valence-electron chi connectivity index (χ4n) is 2.65. The first kappa shape index (κ1) is 20.9. The third kappa shape index (κ3) is 5.35. The standard InChI is InChI=1S/C23H21FN2O4/c1-2-29-22-13-16(14-25-26-23(28)18-8-4-6-10-20(18)27)11-12-21(22)30-15-17-7-3-5-9-19(17)24/h3-14,27H,2,15H2,1H3,(H,26,28)/b25-14-. The molecule has 0 heterocycles. The topological polar surface area (TPSA) is 80.2 Å². The molecule has 3 aromatic rings. The average Bonchev–Trinajstić information content (AvgIpc) is 2.74. The number of phenolic OH excluding ortho intramolecular Hbond substituents is 1. The Bertz CT molecular complexity index is 1050. The maximum atomic E-state index is 13.8. The van der Waals surface area contributed by atoms with Gasteiger partial charge >= 0.3 is 0 Å². The van der Waals surface area contributed by atoms with Crippen molar-refractivity contribution in [2.75, 3.05) is 6.61 Å². The Kier molecular flexibility index (Phi) is 7.00. The summed E-state index contributed by atoms with van der Waals surface area (Å²) in [6, 6.07) is 17.7. The van der Waals surface area contributed by atoms with Gasteiger partial charge in [0, 0.05) is 5.56 Å². The molecule has 30 heavy (non-hydrogen) atoms. The number of amides is 1. The highest BCUT2D eigenvalue weighted by atomic mass is 19.1. The number of nitrogens with zero attached hydrogens (tertiary/aromatic N) is 1. The predicted octanol–water partition coefficient (Wildman–Crippen LogP) is 4.27. The molecule has 0 spiro atoms. The number of hydrogen-bond donors (Lipinski definition) is 2. The van der Waals surface area contributed by atoms with Gasteiger partial charge in [0.05, 0.1) is 18.4 Å². The van der Waals surface area contributed by atoms with Gasteiger partial charge in [-0.2, -0.15) is 5.10 Å². The van der Waals surface area contributed by atoms with Gasteiger partial charge in [-0.05, 0) is 48.9 Å². The largest absolute Gasteiger partial charge is 0.507 e. The molecule has 0 bridgehead atoms. The van der Waals surface area contributed by atoms with E-state index in [0.29, 0.717) is 29.2 Å². The van der Waals surface area contributed by atoms with Crippen LogP contribution in [-0.2, 0) is 6.61 Å². The van der Waals surface area contributed by atoms with E-state index in [2.05, 4.69) is 10.5 Å². The van der Waals surface area contributed by atoms with Gasteiger partial charge in [-0.1, -0.05) is 30.3 Å². The molecule has 0 radical (unpaired) electrons. The van der Waals surface area contributed by atoms with E-state index >= 15 is 0 Å². The van der Waals surface area contributed by atoms with Crippen molar-refractivity contribution in [3.63, 3.8) is 0 Å². The van der Waals surface area contributed by atoms with Crippen molar-refractivity contribution in [3.05, 3.63) is 89.2 Å². The molecule has 0 aromatic heterocycles. The molecule has 0 atom stereocenters. The van der Waals surface area contributed by atoms with E-state index in [1.165, 1.54) is 24.4 Å². The van der Waals surface area contributed by atoms with Crippen molar-refractivity contribution in [1.82, 2.24) is 5.43 Å². The van der Waals surface area contributed by atoms with Crippen molar-refractivity contribution >= 4 is 12.1 Å². The highest BCUT2D eigenvalue weighted by Gasteiger charge is 2.10. The van der Waals surface area contributed by atoms with Crippen LogP contribution >= 0.6 is 0 Å². The van der Waals surface area contributed by atoms with E-state index in [1.807, 2.05) is 6.92 Å². The zero-order valence-electron chi connectivity index (χ0n) is 16.3. The van der Waals surface area contributed by atoms with Gasteiger partial charge in [-0.15, -0.1) is 0 Å². The number of benzene rings is 3. The number of hydrogen-bond acceptors (Lipinski definition) is 5. The van der Waals surface area contributed by atoms with Crippen LogP contribution in [0.15, 0.2) is 71.8 Å². The van der Waals surface area contributed by atoms with E-state index in [9.17, 15) is 14.3 Å². The second kappa shape index (κ2) is 10.1. The van der Waals surface area contributed by atoms with E-state index in [1.54, 1.807) is 48.5 Å². The molecule has 0 aliphatic carbocycles. The number of carbonyl (C=O) groups is 1. The second-order valence-electron chi connectivity index (χ2n) is 6.24. The highest BCUT2D eigenvalue weighted by molar-refractivity contribution is 5.97. The van der Waals surface area contributed by atoms with Crippen LogP contribution in [0.3, 0.4) is 0 Å². The SMILES string of the molecule is CCOc1cc(/C=N\NC(=O)c2ccccc2O)ccc1OCc1ccccc1F. The van der Waals surface area contributed by atoms with Crippen LogP contribution in [0.25, 0.3) is 0 Å². The minimum Gasteiger partial charge on any atom is -0.507 e. The van der Waals surface area contributed by atoms with Crippen molar-refractivity contribution in [2.24, 2.45) is 5.10 Å². The number of aromatic hydroxyl groups is 1. The average molecular weight is 408 g/mol. The summed E-state index contributed by atoms with van der Waals surface area (Å²) in [6.07, 6.45) is 1.45. The monoisotopic (exact) mass is 408 g/mol. The molecule has 0 unspecified atom stereocenters. The Morgan fingerprint density at radius 1 is 1.07 bits per heavy atom. The Labute approximate surface area is 173 Å². The van der Waals surface area contributed by atoms with E-state index in [0.717, 1.165) is 0 Å². The first-order valence-corrected chi connectivity index (χ1v) is 9.33. The Balaban J connectivity index is 1.68. The molecule has 3 aromatic carbocycles. The van der Waals surface area contributed by atoms with Crippen molar-refractivity contribution in [2.45, 2.75) is 13.5 Å². The van der Waals surface area contributed by atoms with Crippen LogP contribution in [-0.4, -0.2) is 23.8 Å². The van der Waals surface area contributed by atoms with E-state index < -0.39 is 5.91 Å². The number of carbonyl (C=O) groups excluding carboxylic acids is 1. The molecule has 2 N–H and O–H groups in total. The smallest absolute Gasteiger partial charge is 0.275 e. The number of phenols is 1. The molecular weight excluding hydrogens is 387 g/mol. The molecule has 0 fully saturated rings. The Morgan fingerprint density at radius 2 is 1.83 bits per heavy atom. The number of halogens is 1. The third-order valence-corrected chi connectivity index (χ3v) is 4.14. The summed E-state index contributed by atoms with van der Waals surface area (Å²) >= 11 is 0. The fourth-order valence-corrected chi connectivity index (χ4v) is 2.65. The number of ether oxygens (including phenoxy) is 2. The van der Waals surface area contributed by atoms with Gasteiger partial charge in [0.25, 0.3) is 5.91 Å². The van der Waals surface area contributed by atoms with Gasteiger partial charge in [0.1, 0.15) is 18.2 Å². The number of hydrazone groups is 1. The molecular formula is C23H21FN2O4. The summed E-state index contributed by atoms with van der Waals surface area (Å²) in [5.74, 6) is -0.0425. The van der Waals surface area contributed by atoms with Crippen LogP contribution in [0, 0.1) is 5.82 Å². The first-order valence-electron chi connectivity index (χ1n) is 9.33. The molecule has 7 heteroatoms. The maximum Gasteiger partial charge on any atom is 0.275 e. The molecule has 3 rings (SSSR count). The minimum atomic E-state index is -0.528. The van der Waals surface area contributed by atoms with Crippen molar-refractivity contribution < 1.29 is 23.8 Å². The van der Waals surface area contributed by atoms with Gasteiger partial charge < -0.3 is 14.6 Å². The zero-order valence-corrected chi connectivity index (χ0v) is 16.3. The van der Waals surface area contributed by atoms with Gasteiger partial charge in [0.2, 0.25) is 0 Å². The van der Waals surface area contributed by atoms with Gasteiger partial charge in [-0.25, -0.2) is 9.82 Å². The van der Waals surface area contributed by atoms with Crippen LogP contribution in [0.5, 0.6) is 17.2 Å². The summed E-state index contributed by atoms with van der Waals surface area (Å²) < 4.78 is 25.1. The minimum absolute atomic E-state index is 0.0663. The number of para-hydroxylation sites is 1. The number of rotatable bonds is 8. The molecule has 0 saturated heterocycles. The van der Waals surface area contributed by atoms with E-state index in [4.69, 9.17) is 9.47 Å². The lowest BCUT2D eigenvalue weighted by Crippen LogP contribution is -2.17. The molecule has 0 aliphatic rings. The summed E-state index contributed by atoms with van der Waals surface area (Å²) in [5.41, 5.74) is 3.59. The van der Waals surface area contributed by atoms with Crippen molar-refractivity contribution in [3.8, 4) is 17.2 Å². The van der Waals surface area contributed by atoms with Crippen molar-refractivity contribution in [1.29, 1.82) is 0 Å². The summed E-state index contributed by atoms with van der Waals surface area (Å²) in [5, 5.41) is 13.6. The van der Waals surface area contributed by atoms with Gasteiger partial charge in [0.15, 0.2) is 11.5 Å². The Morgan fingerprint density at radius 3 is 2.60 bits per heavy atom. The lowest BCUT2D eigenvalue weighted by atomic mass is 10.2. The van der Waals surface area contributed by atoms with Gasteiger partial charge in [-0.3, -0.25) is 4.79 Å². The molecule has 0 aliphatic heterocycles. The van der Waals surface area contributed by atoms with Crippen LogP contribution in [0.2, 0.25) is 0 Å². The normalized spacial score (nSPS) is 10.7. The third-order valence-electron chi connectivity index (χ3n) is 4.14. The molecule has 154 valence electrons. The van der Waals surface area contributed by atoms with Crippen LogP contribution in [0.1, 0.15) is 28.4 Å². The number of nitrogens with one attached hydrogen (secondary N) is 1. The van der Waals surface area contributed by atoms with Crippen LogP contribution in [0.4, 0.5) is 4.39 Å². The second-order valence-corrected chi connectivity index (χ2v) is 6.24. The quantitative estimate of drug-likeness (QED) is 0.431. The summed E-state index contributed by atoms with van der Waals surface area (Å²) in [4.78, 5) is 12.1. The zero-order chi connectivity index (χ0) is 21.3. The molecule has 6 nitrogen and oxygen atoms in total. The van der Waals surface area contributed by atoms with Crippen LogP contribution < -0.4 is 14.9 Å². The van der Waals surface area contributed by atoms with E-state index in [-0.39, 0.29) is 23.7 Å². The molecule has 0 saturated carbocycles. The Hall–Kier alpha value is -3.87. The summed E-state index contributed by atoms with van der Waals surface area (Å²) in [7, 11) is 0. The predicted molar refractivity (Wildman–Crippen MR) is 112 cm³/mol. The summed E-state index contributed by atoms with van der Waals surface area (Å²) in [6.45, 7) is 2.32. The lowest BCUT2D eigenvalue weighted by molar-refractivity contribution is 0.0952. The molecule has 1 amide bonds. The first-order chi connectivity index (χ1) is 14.6. The lowest BCUT2D eigenvalue weighted by Gasteiger charge is -2.13. The highest BCUT2D eigenvalue weighted by Crippen LogP contribution is 2.29.